The topological polar surface area (TPSA) is 20.3 Å². The maximum absolute atomic E-state index is 12.4. The minimum atomic E-state index is 0.0234. The van der Waals surface area contributed by atoms with Crippen LogP contribution in [0.25, 0.3) is 0 Å². The lowest BCUT2D eigenvalue weighted by Gasteiger charge is -2.26. The first kappa shape index (κ1) is 14.5. The average molecular weight is 318 g/mol. The molecule has 3 rings (SSSR count). The molecule has 0 saturated carbocycles. The van der Waals surface area contributed by atoms with E-state index in [-0.39, 0.29) is 11.3 Å². The standard InChI is InChI=1S/C17H16ClNOS/c1-11-6-8-13(9-7-11)17-19(16(20)10-21-17)15-5-3-4-14(18)12(15)2/h3-9,17H,10H2,1-2H3/t17-/m1/s1. The maximum atomic E-state index is 12.4. The van der Waals surface area contributed by atoms with Crippen LogP contribution in [0.15, 0.2) is 42.5 Å². The average Bonchev–Trinajstić information content (AvgIpc) is 2.85. The second-order valence-electron chi connectivity index (χ2n) is 5.22. The summed E-state index contributed by atoms with van der Waals surface area (Å²) in [7, 11) is 0. The molecule has 1 aliphatic heterocycles. The molecule has 0 unspecified atom stereocenters. The van der Waals surface area contributed by atoms with Crippen LogP contribution >= 0.6 is 23.4 Å². The van der Waals surface area contributed by atoms with Crippen molar-refractivity contribution in [1.82, 2.24) is 0 Å². The molecule has 0 aliphatic carbocycles. The van der Waals surface area contributed by atoms with E-state index >= 15 is 0 Å². The molecule has 1 aliphatic rings. The Morgan fingerprint density at radius 2 is 1.86 bits per heavy atom. The van der Waals surface area contributed by atoms with Gasteiger partial charge in [0.2, 0.25) is 5.91 Å². The van der Waals surface area contributed by atoms with Crippen molar-refractivity contribution in [3.05, 3.63) is 64.2 Å². The maximum Gasteiger partial charge on any atom is 0.238 e. The van der Waals surface area contributed by atoms with Crippen molar-refractivity contribution < 1.29 is 4.79 Å². The predicted molar refractivity (Wildman–Crippen MR) is 90.1 cm³/mol. The Labute approximate surface area is 134 Å². The number of thioether (sulfide) groups is 1. The largest absolute Gasteiger partial charge is 0.295 e. The lowest BCUT2D eigenvalue weighted by atomic mass is 10.1. The zero-order valence-corrected chi connectivity index (χ0v) is 13.5. The van der Waals surface area contributed by atoms with E-state index in [0.717, 1.165) is 16.8 Å². The van der Waals surface area contributed by atoms with Crippen molar-refractivity contribution in [1.29, 1.82) is 0 Å². The Balaban J connectivity index is 2.04. The van der Waals surface area contributed by atoms with Gasteiger partial charge in [0.1, 0.15) is 5.37 Å². The Hall–Kier alpha value is -1.45. The van der Waals surface area contributed by atoms with E-state index in [1.807, 2.05) is 30.0 Å². The second kappa shape index (κ2) is 5.74. The fraction of sp³-hybridized carbons (Fsp3) is 0.235. The molecular weight excluding hydrogens is 302 g/mol. The summed E-state index contributed by atoms with van der Waals surface area (Å²) in [6.45, 7) is 4.02. The van der Waals surface area contributed by atoms with Gasteiger partial charge in [0.15, 0.2) is 0 Å². The van der Waals surface area contributed by atoms with Gasteiger partial charge in [-0.1, -0.05) is 47.5 Å². The fourth-order valence-corrected chi connectivity index (χ4v) is 3.86. The van der Waals surface area contributed by atoms with E-state index in [4.69, 9.17) is 11.6 Å². The molecule has 2 aromatic rings. The number of hydrogen-bond acceptors (Lipinski definition) is 2. The highest BCUT2D eigenvalue weighted by molar-refractivity contribution is 8.00. The first-order valence-electron chi connectivity index (χ1n) is 6.83. The van der Waals surface area contributed by atoms with Gasteiger partial charge in [0.05, 0.1) is 5.75 Å². The summed E-state index contributed by atoms with van der Waals surface area (Å²) in [6.07, 6.45) is 0. The van der Waals surface area contributed by atoms with Crippen LogP contribution in [0.5, 0.6) is 0 Å². The number of amides is 1. The van der Waals surface area contributed by atoms with E-state index in [0.29, 0.717) is 10.8 Å². The van der Waals surface area contributed by atoms with Gasteiger partial charge in [0, 0.05) is 10.7 Å². The molecule has 0 spiro atoms. The Morgan fingerprint density at radius 3 is 2.57 bits per heavy atom. The summed E-state index contributed by atoms with van der Waals surface area (Å²) in [4.78, 5) is 14.2. The predicted octanol–water partition coefficient (Wildman–Crippen LogP) is 4.74. The normalized spacial score (nSPS) is 18.3. The SMILES string of the molecule is Cc1ccc([C@H]2SCC(=O)N2c2cccc(Cl)c2C)cc1. The molecule has 0 bridgehead atoms. The molecule has 21 heavy (non-hydrogen) atoms. The zero-order chi connectivity index (χ0) is 15.0. The quantitative estimate of drug-likeness (QED) is 0.797. The lowest BCUT2D eigenvalue weighted by molar-refractivity contribution is -0.115. The summed E-state index contributed by atoms with van der Waals surface area (Å²) in [6, 6.07) is 14.1. The Bertz CT molecular complexity index is 684. The number of benzene rings is 2. The number of hydrogen-bond donors (Lipinski definition) is 0. The van der Waals surface area contributed by atoms with Crippen molar-refractivity contribution in [3.8, 4) is 0 Å². The Kier molecular flexibility index (Phi) is 3.96. The van der Waals surface area contributed by atoms with Crippen LogP contribution in [0.1, 0.15) is 22.1 Å². The molecule has 1 heterocycles. The summed E-state index contributed by atoms with van der Waals surface area (Å²) < 4.78 is 0. The van der Waals surface area contributed by atoms with Gasteiger partial charge in [-0.05, 0) is 37.1 Å². The van der Waals surface area contributed by atoms with Crippen molar-refractivity contribution in [2.45, 2.75) is 19.2 Å². The number of anilines is 1. The summed E-state index contributed by atoms with van der Waals surface area (Å²) in [5.74, 6) is 0.640. The fourth-order valence-electron chi connectivity index (χ4n) is 2.52. The highest BCUT2D eigenvalue weighted by atomic mass is 35.5. The molecule has 1 fully saturated rings. The lowest BCUT2D eigenvalue weighted by Crippen LogP contribution is -2.28. The molecule has 1 saturated heterocycles. The zero-order valence-electron chi connectivity index (χ0n) is 12.0. The molecule has 1 amide bonds. The van der Waals surface area contributed by atoms with E-state index in [2.05, 4.69) is 31.2 Å². The molecule has 4 heteroatoms. The molecule has 2 aromatic carbocycles. The molecule has 2 nitrogen and oxygen atoms in total. The molecule has 108 valence electrons. The van der Waals surface area contributed by atoms with E-state index in [1.165, 1.54) is 5.56 Å². The van der Waals surface area contributed by atoms with Crippen molar-refractivity contribution in [2.75, 3.05) is 10.7 Å². The first-order valence-corrected chi connectivity index (χ1v) is 8.26. The van der Waals surface area contributed by atoms with Gasteiger partial charge >= 0.3 is 0 Å². The highest BCUT2D eigenvalue weighted by Gasteiger charge is 2.34. The summed E-state index contributed by atoms with van der Waals surface area (Å²) in [5, 5.41) is 0.718. The number of carbonyl (C=O) groups excluding carboxylic acids is 1. The molecule has 0 radical (unpaired) electrons. The van der Waals surface area contributed by atoms with Gasteiger partial charge < -0.3 is 0 Å². The highest BCUT2D eigenvalue weighted by Crippen LogP contribution is 2.43. The van der Waals surface area contributed by atoms with Gasteiger partial charge in [-0.25, -0.2) is 0 Å². The van der Waals surface area contributed by atoms with Crippen LogP contribution in [0.4, 0.5) is 5.69 Å². The minimum Gasteiger partial charge on any atom is -0.295 e. The number of aryl methyl sites for hydroxylation is 1. The molecular formula is C17H16ClNOS. The molecule has 1 atom stereocenters. The third kappa shape index (κ3) is 2.68. The van der Waals surface area contributed by atoms with Gasteiger partial charge in [0.25, 0.3) is 0 Å². The van der Waals surface area contributed by atoms with E-state index < -0.39 is 0 Å². The van der Waals surface area contributed by atoms with Crippen LogP contribution < -0.4 is 4.90 Å². The monoisotopic (exact) mass is 317 g/mol. The number of halogens is 1. The molecule has 0 N–H and O–H groups in total. The van der Waals surface area contributed by atoms with Crippen LogP contribution in [0.3, 0.4) is 0 Å². The number of carbonyl (C=O) groups is 1. The van der Waals surface area contributed by atoms with Gasteiger partial charge in [-0.15, -0.1) is 11.8 Å². The number of rotatable bonds is 2. The molecule has 0 aromatic heterocycles. The van der Waals surface area contributed by atoms with Crippen LogP contribution in [0, 0.1) is 13.8 Å². The van der Waals surface area contributed by atoms with Crippen molar-refractivity contribution in [2.24, 2.45) is 0 Å². The number of nitrogens with zero attached hydrogens (tertiary/aromatic N) is 1. The third-order valence-electron chi connectivity index (χ3n) is 3.73. The van der Waals surface area contributed by atoms with E-state index in [9.17, 15) is 4.79 Å². The minimum absolute atomic E-state index is 0.0234. The first-order chi connectivity index (χ1) is 10.1. The smallest absolute Gasteiger partial charge is 0.238 e. The van der Waals surface area contributed by atoms with Gasteiger partial charge in [-0.3, -0.25) is 9.69 Å². The van der Waals surface area contributed by atoms with Crippen LogP contribution in [-0.4, -0.2) is 11.7 Å². The second-order valence-corrected chi connectivity index (χ2v) is 6.70. The van der Waals surface area contributed by atoms with Crippen LogP contribution in [0.2, 0.25) is 5.02 Å². The summed E-state index contributed by atoms with van der Waals surface area (Å²) >= 11 is 7.87. The van der Waals surface area contributed by atoms with Gasteiger partial charge in [-0.2, -0.15) is 0 Å². The van der Waals surface area contributed by atoms with Crippen molar-refractivity contribution >= 4 is 35.0 Å². The van der Waals surface area contributed by atoms with Crippen molar-refractivity contribution in [3.63, 3.8) is 0 Å². The van der Waals surface area contributed by atoms with E-state index in [1.54, 1.807) is 11.8 Å². The Morgan fingerprint density at radius 1 is 1.14 bits per heavy atom. The summed E-state index contributed by atoms with van der Waals surface area (Å²) in [5.41, 5.74) is 4.23. The van der Waals surface area contributed by atoms with Crippen LogP contribution in [-0.2, 0) is 4.79 Å². The third-order valence-corrected chi connectivity index (χ3v) is 5.35.